The lowest BCUT2D eigenvalue weighted by molar-refractivity contribution is 0.432. The lowest BCUT2D eigenvalue weighted by Gasteiger charge is -2.02. The van der Waals surface area contributed by atoms with Gasteiger partial charge in [-0.25, -0.2) is 0 Å². The van der Waals surface area contributed by atoms with Crippen LogP contribution in [-0.4, -0.2) is 14.9 Å². The molecule has 0 atom stereocenters. The second kappa shape index (κ2) is 3.76. The van der Waals surface area contributed by atoms with Crippen LogP contribution >= 0.6 is 0 Å². The summed E-state index contributed by atoms with van der Waals surface area (Å²) in [4.78, 5) is 0. The second-order valence-corrected chi connectivity index (χ2v) is 3.96. The minimum atomic E-state index is 0.541. The molecule has 0 saturated heterocycles. The fourth-order valence-electron chi connectivity index (χ4n) is 1.42. The maximum Gasteiger partial charge on any atom is 0.192 e. The Labute approximate surface area is 87.9 Å². The van der Waals surface area contributed by atoms with E-state index in [1.54, 1.807) is 6.20 Å². The summed E-state index contributed by atoms with van der Waals surface area (Å²) in [6, 6.07) is 0. The number of hydrogen-bond acceptors (Lipinski definition) is 4. The summed E-state index contributed by atoms with van der Waals surface area (Å²) in [5.74, 6) is 1.15. The van der Waals surface area contributed by atoms with Crippen LogP contribution in [0, 0.1) is 5.92 Å². The lowest BCUT2D eigenvalue weighted by Crippen LogP contribution is -2.03. The van der Waals surface area contributed by atoms with Crippen LogP contribution in [0.2, 0.25) is 0 Å². The third-order valence-corrected chi connectivity index (χ3v) is 2.05. The average Bonchev–Trinajstić information content (AvgIpc) is 2.72. The van der Waals surface area contributed by atoms with E-state index in [-0.39, 0.29) is 0 Å². The fourth-order valence-corrected chi connectivity index (χ4v) is 1.42. The van der Waals surface area contributed by atoms with Crippen molar-refractivity contribution in [2.24, 2.45) is 5.92 Å². The Hall–Kier alpha value is -1.78. The molecule has 0 aliphatic rings. The van der Waals surface area contributed by atoms with Gasteiger partial charge in [0.15, 0.2) is 5.76 Å². The van der Waals surface area contributed by atoms with Gasteiger partial charge in [-0.1, -0.05) is 19.0 Å². The molecule has 2 aromatic heterocycles. The summed E-state index contributed by atoms with van der Waals surface area (Å²) >= 11 is 0. The largest absolute Gasteiger partial charge is 0.394 e. The van der Waals surface area contributed by atoms with Crippen molar-refractivity contribution < 1.29 is 4.52 Å². The predicted octanol–water partition coefficient (Wildman–Crippen LogP) is 1.78. The topological polar surface area (TPSA) is 69.9 Å². The van der Waals surface area contributed by atoms with Crippen molar-refractivity contribution in [2.45, 2.75) is 20.4 Å². The zero-order chi connectivity index (χ0) is 10.8. The van der Waals surface area contributed by atoms with Gasteiger partial charge in [-0.05, 0) is 5.92 Å². The Kier molecular flexibility index (Phi) is 2.45. The van der Waals surface area contributed by atoms with E-state index >= 15 is 0 Å². The zero-order valence-corrected chi connectivity index (χ0v) is 8.84. The fraction of sp³-hybridized carbons (Fsp3) is 0.400. The van der Waals surface area contributed by atoms with Gasteiger partial charge < -0.3 is 10.3 Å². The normalized spacial score (nSPS) is 11.1. The number of nitrogens with two attached hydrogens (primary N) is 1. The summed E-state index contributed by atoms with van der Waals surface area (Å²) in [7, 11) is 0. The van der Waals surface area contributed by atoms with Crippen molar-refractivity contribution in [3.05, 3.63) is 18.6 Å². The molecule has 0 fully saturated rings. The van der Waals surface area contributed by atoms with E-state index in [0.717, 1.165) is 12.1 Å². The Morgan fingerprint density at radius 2 is 2.27 bits per heavy atom. The number of rotatable bonds is 3. The van der Waals surface area contributed by atoms with Crippen LogP contribution in [0.3, 0.4) is 0 Å². The molecule has 15 heavy (non-hydrogen) atoms. The van der Waals surface area contributed by atoms with Crippen LogP contribution in [0.25, 0.3) is 11.3 Å². The van der Waals surface area contributed by atoms with Gasteiger partial charge in [-0.2, -0.15) is 5.10 Å². The molecule has 0 bridgehead atoms. The van der Waals surface area contributed by atoms with Crippen LogP contribution in [-0.2, 0) is 6.54 Å². The Morgan fingerprint density at radius 1 is 1.47 bits per heavy atom. The van der Waals surface area contributed by atoms with Gasteiger partial charge in [0.05, 0.1) is 18.0 Å². The van der Waals surface area contributed by atoms with Crippen LogP contribution < -0.4 is 5.73 Å². The Morgan fingerprint density at radius 3 is 2.87 bits per heavy atom. The first-order valence-electron chi connectivity index (χ1n) is 4.90. The van der Waals surface area contributed by atoms with Crippen molar-refractivity contribution in [3.8, 4) is 11.3 Å². The standard InChI is InChI=1S/C10H14N4O/c1-7(2)5-14-6-8(3-12-14)10-9(11)4-13-15-10/h3-4,6-7H,5,11H2,1-2H3. The molecule has 0 unspecified atom stereocenters. The maximum absolute atomic E-state index is 5.69. The monoisotopic (exact) mass is 206 g/mol. The molecule has 2 N–H and O–H groups in total. The molecule has 2 rings (SSSR count). The maximum atomic E-state index is 5.69. The highest BCUT2D eigenvalue weighted by Gasteiger charge is 2.10. The van der Waals surface area contributed by atoms with Crippen LogP contribution in [0.15, 0.2) is 23.1 Å². The molecule has 2 aromatic rings. The van der Waals surface area contributed by atoms with Gasteiger partial charge >= 0.3 is 0 Å². The molecule has 0 amide bonds. The first-order valence-corrected chi connectivity index (χ1v) is 4.90. The zero-order valence-electron chi connectivity index (χ0n) is 8.84. The Bertz CT molecular complexity index is 444. The predicted molar refractivity (Wildman–Crippen MR) is 57.0 cm³/mol. The molecule has 0 aliphatic heterocycles. The van der Waals surface area contributed by atoms with Gasteiger partial charge in [0.1, 0.15) is 5.69 Å². The summed E-state index contributed by atoms with van der Waals surface area (Å²) in [5, 5.41) is 7.86. The number of aromatic nitrogens is 3. The first kappa shape index (κ1) is 9.76. The van der Waals surface area contributed by atoms with Crippen LogP contribution in [0.4, 0.5) is 5.69 Å². The summed E-state index contributed by atoms with van der Waals surface area (Å²) in [6.45, 7) is 5.17. The first-order chi connectivity index (χ1) is 7.16. The molecular weight excluding hydrogens is 192 g/mol. The van der Waals surface area contributed by atoms with E-state index in [1.807, 2.05) is 10.9 Å². The Balaban J connectivity index is 2.24. The molecule has 0 aliphatic carbocycles. The van der Waals surface area contributed by atoms with Crippen LogP contribution in [0.5, 0.6) is 0 Å². The minimum Gasteiger partial charge on any atom is -0.394 e. The van der Waals surface area contributed by atoms with Gasteiger partial charge in [-0.15, -0.1) is 0 Å². The van der Waals surface area contributed by atoms with Crippen molar-refractivity contribution in [1.29, 1.82) is 0 Å². The number of nitrogen functional groups attached to an aromatic ring is 1. The van der Waals surface area contributed by atoms with E-state index in [4.69, 9.17) is 10.3 Å². The molecule has 5 heteroatoms. The smallest absolute Gasteiger partial charge is 0.192 e. The van der Waals surface area contributed by atoms with E-state index in [1.165, 1.54) is 6.20 Å². The SMILES string of the molecule is CC(C)Cn1cc(-c2oncc2N)cn1. The molecule has 0 saturated carbocycles. The summed E-state index contributed by atoms with van der Waals surface area (Å²) in [5.41, 5.74) is 7.10. The number of anilines is 1. The highest BCUT2D eigenvalue weighted by Crippen LogP contribution is 2.24. The molecule has 80 valence electrons. The quantitative estimate of drug-likeness (QED) is 0.830. The van der Waals surface area contributed by atoms with Crippen molar-refractivity contribution in [3.63, 3.8) is 0 Å². The highest BCUT2D eigenvalue weighted by molar-refractivity contribution is 5.68. The van der Waals surface area contributed by atoms with Crippen LogP contribution in [0.1, 0.15) is 13.8 Å². The third kappa shape index (κ3) is 2.01. The molecule has 0 aromatic carbocycles. The van der Waals surface area contributed by atoms with E-state index in [0.29, 0.717) is 17.4 Å². The number of nitrogens with zero attached hydrogens (tertiary/aromatic N) is 3. The molecule has 0 radical (unpaired) electrons. The average molecular weight is 206 g/mol. The molecule has 2 heterocycles. The second-order valence-electron chi connectivity index (χ2n) is 3.96. The van der Waals surface area contributed by atoms with Gasteiger partial charge in [-0.3, -0.25) is 4.68 Å². The number of hydrogen-bond donors (Lipinski definition) is 1. The van der Waals surface area contributed by atoms with Crippen molar-refractivity contribution in [1.82, 2.24) is 14.9 Å². The highest BCUT2D eigenvalue weighted by atomic mass is 16.5. The van der Waals surface area contributed by atoms with Gasteiger partial charge in [0.25, 0.3) is 0 Å². The molecule has 0 spiro atoms. The van der Waals surface area contributed by atoms with E-state index < -0.39 is 0 Å². The minimum absolute atomic E-state index is 0.541. The summed E-state index contributed by atoms with van der Waals surface area (Å²) in [6.07, 6.45) is 5.14. The van der Waals surface area contributed by atoms with Crippen molar-refractivity contribution >= 4 is 5.69 Å². The van der Waals surface area contributed by atoms with E-state index in [9.17, 15) is 0 Å². The third-order valence-electron chi connectivity index (χ3n) is 2.05. The summed E-state index contributed by atoms with van der Waals surface area (Å²) < 4.78 is 6.92. The van der Waals surface area contributed by atoms with Crippen molar-refractivity contribution in [2.75, 3.05) is 5.73 Å². The molecular formula is C10H14N4O. The van der Waals surface area contributed by atoms with Gasteiger partial charge in [0, 0.05) is 12.7 Å². The van der Waals surface area contributed by atoms with E-state index in [2.05, 4.69) is 24.1 Å². The molecule has 5 nitrogen and oxygen atoms in total. The lowest BCUT2D eigenvalue weighted by atomic mass is 10.2. The van der Waals surface area contributed by atoms with Gasteiger partial charge in [0.2, 0.25) is 0 Å².